The summed E-state index contributed by atoms with van der Waals surface area (Å²) >= 11 is 1.20. The fraction of sp³-hybridized carbons (Fsp3) is 0.944. The molecule has 5 N–H and O–H groups in total. The van der Waals surface area contributed by atoms with Gasteiger partial charge in [-0.25, -0.2) is 0 Å². The van der Waals surface area contributed by atoms with Gasteiger partial charge in [-0.05, 0) is 39.0 Å². The highest BCUT2D eigenvalue weighted by molar-refractivity contribution is 7.99. The fourth-order valence-electron chi connectivity index (χ4n) is 4.13. The Labute approximate surface area is 165 Å². The topological polar surface area (TPSA) is 122 Å². The van der Waals surface area contributed by atoms with Crippen molar-refractivity contribution < 1.29 is 30.0 Å². The Kier molecular flexibility index (Phi) is 8.35. The highest BCUT2D eigenvalue weighted by atomic mass is 32.2. The van der Waals surface area contributed by atoms with Gasteiger partial charge in [0, 0.05) is 6.54 Å². The summed E-state index contributed by atoms with van der Waals surface area (Å²) in [5, 5.41) is 43.5. The van der Waals surface area contributed by atoms with Crippen molar-refractivity contribution in [3.63, 3.8) is 0 Å². The summed E-state index contributed by atoms with van der Waals surface area (Å²) in [6, 6.07) is -1.20. The third kappa shape index (κ3) is 5.14. The zero-order chi connectivity index (χ0) is 20.3. The summed E-state index contributed by atoms with van der Waals surface area (Å²) in [7, 11) is 1.91. The van der Waals surface area contributed by atoms with Gasteiger partial charge in [0.1, 0.15) is 29.9 Å². The molecule has 2 saturated heterocycles. The molecule has 2 aliphatic rings. The average Bonchev–Trinajstić information content (AvgIpc) is 2.99. The van der Waals surface area contributed by atoms with Crippen LogP contribution in [-0.4, -0.2) is 99.1 Å². The Balaban J connectivity index is 2.09. The number of likely N-dealkylation sites (N-methyl/N-ethyl adjacent to an activating group) is 1. The zero-order valence-electron chi connectivity index (χ0n) is 16.5. The molecule has 2 heterocycles. The molecule has 27 heavy (non-hydrogen) atoms. The van der Waals surface area contributed by atoms with Crippen LogP contribution in [0.1, 0.15) is 33.1 Å². The van der Waals surface area contributed by atoms with Crippen molar-refractivity contribution in [2.24, 2.45) is 5.92 Å². The lowest BCUT2D eigenvalue weighted by molar-refractivity contribution is -0.211. The van der Waals surface area contributed by atoms with Crippen LogP contribution in [0.2, 0.25) is 0 Å². The number of ether oxygens (including phenoxy) is 1. The van der Waals surface area contributed by atoms with Gasteiger partial charge >= 0.3 is 0 Å². The highest BCUT2D eigenvalue weighted by Gasteiger charge is 2.48. The number of carbonyl (C=O) groups excluding carboxylic acids is 1. The smallest absolute Gasteiger partial charge is 0.237 e. The molecule has 0 radical (unpaired) electrons. The number of rotatable bonds is 7. The molecule has 158 valence electrons. The normalized spacial score (nSPS) is 39.9. The van der Waals surface area contributed by atoms with E-state index >= 15 is 0 Å². The van der Waals surface area contributed by atoms with E-state index in [1.54, 1.807) is 6.26 Å². The molecule has 2 rings (SSSR count). The minimum Gasteiger partial charge on any atom is -0.391 e. The van der Waals surface area contributed by atoms with Crippen molar-refractivity contribution >= 4 is 17.7 Å². The van der Waals surface area contributed by atoms with Gasteiger partial charge in [0.05, 0.1) is 18.2 Å². The zero-order valence-corrected chi connectivity index (χ0v) is 17.3. The number of nitrogens with zero attached hydrogens (tertiary/aromatic N) is 1. The van der Waals surface area contributed by atoms with E-state index in [-0.39, 0.29) is 11.9 Å². The first-order chi connectivity index (χ1) is 12.7. The lowest BCUT2D eigenvalue weighted by Crippen LogP contribution is -2.65. The third-order valence-corrected chi connectivity index (χ3v) is 6.51. The van der Waals surface area contributed by atoms with Gasteiger partial charge in [-0.2, -0.15) is 0 Å². The predicted molar refractivity (Wildman–Crippen MR) is 103 cm³/mol. The first kappa shape index (κ1) is 22.9. The van der Waals surface area contributed by atoms with Gasteiger partial charge in [-0.1, -0.05) is 13.3 Å². The van der Waals surface area contributed by atoms with Crippen LogP contribution in [0, 0.1) is 5.92 Å². The number of nitrogens with one attached hydrogen (secondary N) is 1. The number of aliphatic hydroxyl groups excluding tert-OH is 4. The van der Waals surface area contributed by atoms with Crippen LogP contribution < -0.4 is 5.32 Å². The number of likely N-dealkylation sites (tertiary alicyclic amines) is 1. The number of amides is 1. The largest absolute Gasteiger partial charge is 0.391 e. The quantitative estimate of drug-likeness (QED) is 0.370. The summed E-state index contributed by atoms with van der Waals surface area (Å²) < 4.78 is 5.72. The van der Waals surface area contributed by atoms with Crippen molar-refractivity contribution in [2.45, 2.75) is 81.1 Å². The predicted octanol–water partition coefficient (Wildman–Crippen LogP) is -0.857. The van der Waals surface area contributed by atoms with Gasteiger partial charge in [0.2, 0.25) is 5.91 Å². The van der Waals surface area contributed by atoms with Gasteiger partial charge in [-0.3, -0.25) is 9.69 Å². The van der Waals surface area contributed by atoms with E-state index in [1.807, 2.05) is 11.9 Å². The molecule has 9 heteroatoms. The molecular weight excluding hydrogens is 372 g/mol. The Hall–Kier alpha value is -0.420. The van der Waals surface area contributed by atoms with Crippen LogP contribution in [0.25, 0.3) is 0 Å². The SMILES string of the molecule is CCC[C@@H]1C[C@@H](C(=O)N[C@@H](C2O[C@H](SC)[C@H](O)[C@@H](O)C2O)[C@@H](C)O)N(C)C1. The Morgan fingerprint density at radius 2 is 1.96 bits per heavy atom. The number of carbonyl (C=O) groups is 1. The van der Waals surface area contributed by atoms with Crippen molar-refractivity contribution in [3.8, 4) is 0 Å². The maximum Gasteiger partial charge on any atom is 0.237 e. The molecular formula is C18H34N2O6S. The van der Waals surface area contributed by atoms with Gasteiger partial charge in [0.15, 0.2) is 0 Å². The summed E-state index contributed by atoms with van der Waals surface area (Å²) in [5.41, 5.74) is -0.755. The molecule has 2 unspecified atom stereocenters. The van der Waals surface area contributed by atoms with Gasteiger partial charge in [-0.15, -0.1) is 11.8 Å². The summed E-state index contributed by atoms with van der Waals surface area (Å²) in [6.45, 7) is 4.48. The maximum absolute atomic E-state index is 12.8. The Morgan fingerprint density at radius 1 is 1.30 bits per heavy atom. The van der Waals surface area contributed by atoms with Gasteiger partial charge in [0.25, 0.3) is 0 Å². The number of hydrogen-bond acceptors (Lipinski definition) is 8. The lowest BCUT2D eigenvalue weighted by atomic mass is 9.92. The highest BCUT2D eigenvalue weighted by Crippen LogP contribution is 2.30. The molecule has 0 aromatic heterocycles. The molecule has 0 aromatic rings. The first-order valence-corrected chi connectivity index (χ1v) is 10.9. The lowest BCUT2D eigenvalue weighted by Gasteiger charge is -2.44. The van der Waals surface area contributed by atoms with Crippen molar-refractivity contribution in [3.05, 3.63) is 0 Å². The average molecular weight is 407 g/mol. The fourth-order valence-corrected chi connectivity index (χ4v) is 4.81. The first-order valence-electron chi connectivity index (χ1n) is 9.62. The Morgan fingerprint density at radius 3 is 2.52 bits per heavy atom. The van der Waals surface area contributed by atoms with Crippen molar-refractivity contribution in [2.75, 3.05) is 19.8 Å². The van der Waals surface area contributed by atoms with Crippen LogP contribution >= 0.6 is 11.8 Å². The minimum absolute atomic E-state index is 0.223. The van der Waals surface area contributed by atoms with Crippen LogP contribution in [0.3, 0.4) is 0 Å². The van der Waals surface area contributed by atoms with E-state index in [0.29, 0.717) is 5.92 Å². The van der Waals surface area contributed by atoms with E-state index in [2.05, 4.69) is 12.2 Å². The second kappa shape index (κ2) is 9.87. The van der Waals surface area contributed by atoms with E-state index in [1.165, 1.54) is 18.7 Å². The molecule has 0 saturated carbocycles. The van der Waals surface area contributed by atoms with E-state index in [0.717, 1.165) is 25.8 Å². The molecule has 0 aliphatic carbocycles. The molecule has 2 aliphatic heterocycles. The van der Waals surface area contributed by atoms with E-state index in [9.17, 15) is 25.2 Å². The molecule has 1 amide bonds. The number of hydrogen-bond donors (Lipinski definition) is 5. The summed E-state index contributed by atoms with van der Waals surface area (Å²) in [4.78, 5) is 14.9. The molecule has 0 bridgehead atoms. The molecule has 2 fully saturated rings. The third-order valence-electron chi connectivity index (χ3n) is 5.66. The Bertz CT molecular complexity index is 494. The van der Waals surface area contributed by atoms with Crippen LogP contribution in [-0.2, 0) is 9.53 Å². The van der Waals surface area contributed by atoms with Gasteiger partial charge < -0.3 is 30.5 Å². The van der Waals surface area contributed by atoms with Crippen LogP contribution in [0.4, 0.5) is 0 Å². The van der Waals surface area contributed by atoms with E-state index < -0.39 is 42.0 Å². The second-order valence-electron chi connectivity index (χ2n) is 7.80. The monoisotopic (exact) mass is 406 g/mol. The van der Waals surface area contributed by atoms with Crippen LogP contribution in [0.5, 0.6) is 0 Å². The van der Waals surface area contributed by atoms with Crippen molar-refractivity contribution in [1.82, 2.24) is 10.2 Å². The maximum atomic E-state index is 12.8. The molecule has 0 aromatic carbocycles. The second-order valence-corrected chi connectivity index (χ2v) is 8.73. The van der Waals surface area contributed by atoms with Crippen molar-refractivity contribution in [1.29, 1.82) is 0 Å². The summed E-state index contributed by atoms with van der Waals surface area (Å²) in [6.07, 6.45) is -1.50. The molecule has 9 atom stereocenters. The van der Waals surface area contributed by atoms with Crippen LogP contribution in [0.15, 0.2) is 0 Å². The van der Waals surface area contributed by atoms with E-state index in [4.69, 9.17) is 4.74 Å². The summed E-state index contributed by atoms with van der Waals surface area (Å²) in [5.74, 6) is 0.245. The number of aliphatic hydroxyl groups is 4. The number of thioether (sulfide) groups is 1. The molecule has 0 spiro atoms. The molecule has 8 nitrogen and oxygen atoms in total. The standard InChI is InChI=1S/C18H34N2O6S/c1-5-6-10-7-11(20(3)8-10)17(25)19-12(9(2)21)16-14(23)13(22)15(24)18(26-16)27-4/h9-16,18,21-24H,5-8H2,1-4H3,(H,19,25)/t9-,10-,11+,12-,13+,14?,15-,16?,18-/m1/s1. The minimum atomic E-state index is -1.42.